The van der Waals surface area contributed by atoms with Crippen molar-refractivity contribution in [1.82, 2.24) is 5.32 Å². The van der Waals surface area contributed by atoms with E-state index < -0.39 is 6.10 Å². The first-order valence-electron chi connectivity index (χ1n) is 7.52. The summed E-state index contributed by atoms with van der Waals surface area (Å²) in [6.07, 6.45) is -0.780. The molecule has 0 heterocycles. The first kappa shape index (κ1) is 16.8. The molecule has 2 amide bonds. The van der Waals surface area contributed by atoms with E-state index in [1.165, 1.54) is 0 Å². The van der Waals surface area contributed by atoms with Gasteiger partial charge >= 0.3 is 6.03 Å². The molecule has 5 heteroatoms. The van der Waals surface area contributed by atoms with Gasteiger partial charge in [-0.05, 0) is 43.2 Å². The third kappa shape index (κ3) is 5.64. The van der Waals surface area contributed by atoms with E-state index in [4.69, 9.17) is 4.74 Å². The second kappa shape index (κ2) is 8.19. The van der Waals surface area contributed by atoms with Gasteiger partial charge in [0.05, 0.1) is 0 Å². The van der Waals surface area contributed by atoms with Crippen molar-refractivity contribution in [3.8, 4) is 5.75 Å². The van der Waals surface area contributed by atoms with Crippen molar-refractivity contribution >= 4 is 11.7 Å². The standard InChI is InChI=1S/C18H22N2O3/c1-13-6-5-8-16(10-13)23-12-15(21)11-19-18(22)20-17-9-4-3-7-14(17)2/h3-10,15,21H,11-12H2,1-2H3,(H2,19,20,22). The second-order valence-corrected chi connectivity index (χ2v) is 5.43. The van der Waals surface area contributed by atoms with Gasteiger partial charge in [-0.25, -0.2) is 4.79 Å². The summed E-state index contributed by atoms with van der Waals surface area (Å²) in [6, 6.07) is 14.7. The van der Waals surface area contributed by atoms with Gasteiger partial charge in [0, 0.05) is 12.2 Å². The first-order valence-corrected chi connectivity index (χ1v) is 7.52. The van der Waals surface area contributed by atoms with E-state index in [1.54, 1.807) is 0 Å². The summed E-state index contributed by atoms with van der Waals surface area (Å²) in [7, 11) is 0. The molecule has 0 aromatic heterocycles. The Morgan fingerprint density at radius 1 is 1.17 bits per heavy atom. The van der Waals surface area contributed by atoms with Crippen molar-refractivity contribution in [2.24, 2.45) is 0 Å². The first-order chi connectivity index (χ1) is 11.0. The molecule has 1 unspecified atom stereocenters. The minimum atomic E-state index is -0.780. The van der Waals surface area contributed by atoms with Gasteiger partial charge in [0.2, 0.25) is 0 Å². The largest absolute Gasteiger partial charge is 0.491 e. The summed E-state index contributed by atoms with van der Waals surface area (Å²) in [5, 5.41) is 15.3. The van der Waals surface area contributed by atoms with Crippen molar-refractivity contribution in [1.29, 1.82) is 0 Å². The SMILES string of the molecule is Cc1cccc(OCC(O)CNC(=O)Nc2ccccc2C)c1. The van der Waals surface area contributed by atoms with Crippen LogP contribution in [0.15, 0.2) is 48.5 Å². The molecule has 0 aliphatic carbocycles. The Labute approximate surface area is 136 Å². The number of amides is 2. The van der Waals surface area contributed by atoms with Crippen molar-refractivity contribution < 1.29 is 14.6 Å². The number of rotatable bonds is 6. The minimum Gasteiger partial charge on any atom is -0.491 e. The fourth-order valence-corrected chi connectivity index (χ4v) is 2.05. The van der Waals surface area contributed by atoms with Gasteiger partial charge in [0.25, 0.3) is 0 Å². The van der Waals surface area contributed by atoms with E-state index in [1.807, 2.05) is 62.4 Å². The van der Waals surface area contributed by atoms with E-state index in [0.29, 0.717) is 5.75 Å². The normalized spacial score (nSPS) is 11.6. The highest BCUT2D eigenvalue weighted by atomic mass is 16.5. The van der Waals surface area contributed by atoms with Gasteiger partial charge in [0.15, 0.2) is 0 Å². The monoisotopic (exact) mass is 314 g/mol. The van der Waals surface area contributed by atoms with E-state index in [-0.39, 0.29) is 19.2 Å². The highest BCUT2D eigenvalue weighted by Gasteiger charge is 2.09. The van der Waals surface area contributed by atoms with Crippen LogP contribution in [0.1, 0.15) is 11.1 Å². The summed E-state index contributed by atoms with van der Waals surface area (Å²) in [6.45, 7) is 4.12. The summed E-state index contributed by atoms with van der Waals surface area (Å²) >= 11 is 0. The molecule has 0 bridgehead atoms. The zero-order chi connectivity index (χ0) is 16.7. The molecule has 23 heavy (non-hydrogen) atoms. The van der Waals surface area contributed by atoms with Crippen LogP contribution in [-0.4, -0.2) is 30.4 Å². The lowest BCUT2D eigenvalue weighted by molar-refractivity contribution is 0.108. The Morgan fingerprint density at radius 2 is 1.96 bits per heavy atom. The molecule has 1 atom stereocenters. The number of benzene rings is 2. The summed E-state index contributed by atoms with van der Waals surface area (Å²) in [5.41, 5.74) is 2.81. The van der Waals surface area contributed by atoms with Gasteiger partial charge in [-0.2, -0.15) is 0 Å². The lowest BCUT2D eigenvalue weighted by Gasteiger charge is -2.14. The zero-order valence-electron chi connectivity index (χ0n) is 13.4. The van der Waals surface area contributed by atoms with Crippen LogP contribution in [0.25, 0.3) is 0 Å². The number of nitrogens with one attached hydrogen (secondary N) is 2. The Kier molecular flexibility index (Phi) is 6.00. The molecule has 0 aliphatic heterocycles. The maximum absolute atomic E-state index is 11.8. The molecule has 0 saturated carbocycles. The third-order valence-corrected chi connectivity index (χ3v) is 3.32. The molecule has 0 aliphatic rings. The predicted molar refractivity (Wildman–Crippen MR) is 90.9 cm³/mol. The van der Waals surface area contributed by atoms with Crippen molar-refractivity contribution in [3.63, 3.8) is 0 Å². The van der Waals surface area contributed by atoms with Gasteiger partial charge in [-0.3, -0.25) is 0 Å². The number of para-hydroxylation sites is 1. The summed E-state index contributed by atoms with van der Waals surface area (Å²) < 4.78 is 5.50. The molecule has 2 aromatic rings. The number of carbonyl (C=O) groups excluding carboxylic acids is 1. The highest BCUT2D eigenvalue weighted by Crippen LogP contribution is 2.13. The maximum atomic E-state index is 11.8. The molecule has 5 nitrogen and oxygen atoms in total. The van der Waals surface area contributed by atoms with Crippen LogP contribution < -0.4 is 15.4 Å². The number of hydrogen-bond donors (Lipinski definition) is 3. The van der Waals surface area contributed by atoms with Crippen LogP contribution in [-0.2, 0) is 0 Å². The second-order valence-electron chi connectivity index (χ2n) is 5.43. The van der Waals surface area contributed by atoms with Gasteiger partial charge in [-0.1, -0.05) is 30.3 Å². The maximum Gasteiger partial charge on any atom is 0.319 e. The van der Waals surface area contributed by atoms with Gasteiger partial charge < -0.3 is 20.5 Å². The van der Waals surface area contributed by atoms with Crippen molar-refractivity contribution in [2.45, 2.75) is 20.0 Å². The minimum absolute atomic E-state index is 0.115. The Balaban J connectivity index is 1.72. The molecule has 0 fully saturated rings. The van der Waals surface area contributed by atoms with E-state index in [2.05, 4.69) is 10.6 Å². The van der Waals surface area contributed by atoms with Crippen LogP contribution in [0.2, 0.25) is 0 Å². The quantitative estimate of drug-likeness (QED) is 0.768. The Bertz CT molecular complexity index is 658. The topological polar surface area (TPSA) is 70.6 Å². The van der Waals surface area contributed by atoms with Crippen LogP contribution in [0, 0.1) is 13.8 Å². The average Bonchev–Trinajstić information content (AvgIpc) is 2.53. The smallest absolute Gasteiger partial charge is 0.319 e. The van der Waals surface area contributed by atoms with E-state index >= 15 is 0 Å². The third-order valence-electron chi connectivity index (χ3n) is 3.32. The number of urea groups is 1. The average molecular weight is 314 g/mol. The number of aliphatic hydroxyl groups is 1. The van der Waals surface area contributed by atoms with E-state index in [0.717, 1.165) is 16.8 Å². The van der Waals surface area contributed by atoms with Gasteiger partial charge in [0.1, 0.15) is 18.5 Å². The molecule has 3 N–H and O–H groups in total. The predicted octanol–water partition coefficient (Wildman–Crippen LogP) is 2.86. The molecule has 0 radical (unpaired) electrons. The van der Waals surface area contributed by atoms with Crippen LogP contribution in [0.5, 0.6) is 5.75 Å². The van der Waals surface area contributed by atoms with Crippen molar-refractivity contribution in [2.75, 3.05) is 18.5 Å². The number of aliphatic hydroxyl groups excluding tert-OH is 1. The number of hydrogen-bond acceptors (Lipinski definition) is 3. The number of aryl methyl sites for hydroxylation is 2. The zero-order valence-corrected chi connectivity index (χ0v) is 13.4. The lowest BCUT2D eigenvalue weighted by atomic mass is 10.2. The Hall–Kier alpha value is -2.53. The molecular formula is C18H22N2O3. The van der Waals surface area contributed by atoms with E-state index in [9.17, 15) is 9.90 Å². The summed E-state index contributed by atoms with van der Waals surface area (Å²) in [4.78, 5) is 11.8. The van der Waals surface area contributed by atoms with Crippen LogP contribution in [0.3, 0.4) is 0 Å². The molecule has 2 rings (SSSR count). The number of anilines is 1. The fraction of sp³-hybridized carbons (Fsp3) is 0.278. The van der Waals surface area contributed by atoms with Gasteiger partial charge in [-0.15, -0.1) is 0 Å². The molecular weight excluding hydrogens is 292 g/mol. The fourth-order valence-electron chi connectivity index (χ4n) is 2.05. The molecule has 0 saturated heterocycles. The van der Waals surface area contributed by atoms with Crippen LogP contribution in [0.4, 0.5) is 10.5 Å². The number of carbonyl (C=O) groups is 1. The molecule has 122 valence electrons. The summed E-state index contributed by atoms with van der Waals surface area (Å²) in [5.74, 6) is 0.702. The lowest BCUT2D eigenvalue weighted by Crippen LogP contribution is -2.37. The Morgan fingerprint density at radius 3 is 2.70 bits per heavy atom. The van der Waals surface area contributed by atoms with Crippen molar-refractivity contribution in [3.05, 3.63) is 59.7 Å². The molecule has 2 aromatic carbocycles. The highest BCUT2D eigenvalue weighted by molar-refractivity contribution is 5.89. The molecule has 0 spiro atoms. The van der Waals surface area contributed by atoms with Crippen LogP contribution >= 0.6 is 0 Å². The number of ether oxygens (including phenoxy) is 1.